The Bertz CT molecular complexity index is 836. The molecule has 5 nitrogen and oxygen atoms in total. The molecule has 0 amide bonds. The van der Waals surface area contributed by atoms with Crippen molar-refractivity contribution >= 4 is 5.78 Å². The zero-order chi connectivity index (χ0) is 18.2. The summed E-state index contributed by atoms with van der Waals surface area (Å²) in [5.41, 5.74) is -0.295. The highest BCUT2D eigenvalue weighted by Gasteiger charge is 2.41. The van der Waals surface area contributed by atoms with E-state index in [1.54, 1.807) is 12.1 Å². The molecule has 5 heteroatoms. The Kier molecular flexibility index (Phi) is 4.17. The van der Waals surface area contributed by atoms with Crippen molar-refractivity contribution in [2.45, 2.75) is 25.9 Å². The number of ketones is 1. The standard InChI is InChI=1S/C20H20O5/c1-12(2)7-8-20(13-3-5-14(21)6-4-13)11-17(24)19-16(23)9-15(22)10-18(19)25-20/h3-10,12,21-23H,11H2,1-2H3/b8-7+. The van der Waals surface area contributed by atoms with Gasteiger partial charge in [0.25, 0.3) is 0 Å². The van der Waals surface area contributed by atoms with Gasteiger partial charge in [-0.3, -0.25) is 4.79 Å². The van der Waals surface area contributed by atoms with Crippen LogP contribution in [0.3, 0.4) is 0 Å². The Balaban J connectivity index is 2.16. The minimum Gasteiger partial charge on any atom is -0.508 e. The Hall–Kier alpha value is -2.95. The van der Waals surface area contributed by atoms with Crippen LogP contribution in [0.15, 0.2) is 48.6 Å². The van der Waals surface area contributed by atoms with E-state index in [0.717, 1.165) is 6.07 Å². The van der Waals surface area contributed by atoms with E-state index in [1.165, 1.54) is 18.2 Å². The van der Waals surface area contributed by atoms with Gasteiger partial charge >= 0.3 is 0 Å². The lowest BCUT2D eigenvalue weighted by molar-refractivity contribution is 0.0642. The lowest BCUT2D eigenvalue weighted by atomic mass is 9.83. The topological polar surface area (TPSA) is 87.0 Å². The zero-order valence-corrected chi connectivity index (χ0v) is 14.1. The first-order valence-electron chi connectivity index (χ1n) is 8.08. The zero-order valence-electron chi connectivity index (χ0n) is 14.1. The molecule has 1 heterocycles. The Labute approximate surface area is 145 Å². The van der Waals surface area contributed by atoms with Crippen LogP contribution < -0.4 is 4.74 Å². The number of phenols is 3. The number of phenolic OH excluding ortho intramolecular Hbond substituents is 3. The van der Waals surface area contributed by atoms with Crippen molar-refractivity contribution in [1.82, 2.24) is 0 Å². The molecule has 2 aromatic carbocycles. The van der Waals surface area contributed by atoms with Crippen LogP contribution in [0.4, 0.5) is 0 Å². The Morgan fingerprint density at radius 3 is 2.40 bits per heavy atom. The first-order valence-corrected chi connectivity index (χ1v) is 8.08. The molecule has 0 saturated heterocycles. The minimum absolute atomic E-state index is 0.00628. The number of carbonyl (C=O) groups excluding carboxylic acids is 1. The molecular weight excluding hydrogens is 320 g/mol. The predicted molar refractivity (Wildman–Crippen MR) is 93.1 cm³/mol. The number of hydrogen-bond donors (Lipinski definition) is 3. The quantitative estimate of drug-likeness (QED) is 0.738. The van der Waals surface area contributed by atoms with E-state index in [-0.39, 0.29) is 46.7 Å². The third-order valence-corrected chi connectivity index (χ3v) is 4.17. The molecule has 25 heavy (non-hydrogen) atoms. The number of fused-ring (bicyclic) bond motifs is 1. The maximum absolute atomic E-state index is 12.7. The highest BCUT2D eigenvalue weighted by molar-refractivity contribution is 6.03. The molecular formula is C20H20O5. The van der Waals surface area contributed by atoms with Gasteiger partial charge in [0.15, 0.2) is 11.4 Å². The van der Waals surface area contributed by atoms with Crippen LogP contribution in [0.2, 0.25) is 0 Å². The van der Waals surface area contributed by atoms with Crippen molar-refractivity contribution in [2.75, 3.05) is 0 Å². The maximum atomic E-state index is 12.7. The van der Waals surface area contributed by atoms with Gasteiger partial charge in [-0.05, 0) is 24.1 Å². The van der Waals surface area contributed by atoms with Crippen LogP contribution >= 0.6 is 0 Å². The number of ether oxygens (including phenoxy) is 1. The highest BCUT2D eigenvalue weighted by Crippen LogP contribution is 2.45. The largest absolute Gasteiger partial charge is 0.508 e. The molecule has 0 saturated carbocycles. The molecule has 1 unspecified atom stereocenters. The van der Waals surface area contributed by atoms with Crippen molar-refractivity contribution in [3.05, 3.63) is 59.7 Å². The third kappa shape index (κ3) is 3.18. The van der Waals surface area contributed by atoms with Crippen molar-refractivity contribution < 1.29 is 24.9 Å². The Morgan fingerprint density at radius 2 is 1.76 bits per heavy atom. The fraction of sp³-hybridized carbons (Fsp3) is 0.250. The summed E-state index contributed by atoms with van der Waals surface area (Å²) in [4.78, 5) is 12.7. The second kappa shape index (κ2) is 6.16. The fourth-order valence-corrected chi connectivity index (χ4v) is 2.95. The van der Waals surface area contributed by atoms with E-state index in [4.69, 9.17) is 4.74 Å². The van der Waals surface area contributed by atoms with Crippen LogP contribution in [0, 0.1) is 5.92 Å². The Morgan fingerprint density at radius 1 is 1.08 bits per heavy atom. The summed E-state index contributed by atoms with van der Waals surface area (Å²) in [7, 11) is 0. The monoisotopic (exact) mass is 340 g/mol. The summed E-state index contributed by atoms with van der Waals surface area (Å²) in [6.07, 6.45) is 3.77. The van der Waals surface area contributed by atoms with Gasteiger partial charge in [0.1, 0.15) is 28.6 Å². The number of rotatable bonds is 3. The first kappa shape index (κ1) is 16.9. The molecule has 0 aliphatic carbocycles. The van der Waals surface area contributed by atoms with Gasteiger partial charge < -0.3 is 20.1 Å². The molecule has 0 fully saturated rings. The molecule has 0 aromatic heterocycles. The van der Waals surface area contributed by atoms with Gasteiger partial charge in [-0.1, -0.05) is 32.1 Å². The average molecular weight is 340 g/mol. The van der Waals surface area contributed by atoms with Crippen molar-refractivity contribution in [3.8, 4) is 23.0 Å². The van der Waals surface area contributed by atoms with E-state index in [0.29, 0.717) is 5.56 Å². The number of benzene rings is 2. The summed E-state index contributed by atoms with van der Waals surface area (Å²) in [6.45, 7) is 4.02. The second-order valence-corrected chi connectivity index (χ2v) is 6.58. The van der Waals surface area contributed by atoms with Gasteiger partial charge in [0.2, 0.25) is 0 Å². The lowest BCUT2D eigenvalue weighted by Crippen LogP contribution is -2.38. The molecule has 0 radical (unpaired) electrons. The molecule has 130 valence electrons. The minimum atomic E-state index is -1.07. The predicted octanol–water partition coefficient (Wildman–Crippen LogP) is 3.88. The molecule has 0 spiro atoms. The third-order valence-electron chi connectivity index (χ3n) is 4.17. The van der Waals surface area contributed by atoms with Gasteiger partial charge in [0, 0.05) is 17.7 Å². The summed E-state index contributed by atoms with van der Waals surface area (Å²) in [5.74, 6) is -0.266. The van der Waals surface area contributed by atoms with Crippen molar-refractivity contribution in [1.29, 1.82) is 0 Å². The number of Topliss-reactive ketones (excluding diaryl/α,β-unsaturated/α-hetero) is 1. The summed E-state index contributed by atoms with van der Waals surface area (Å²) >= 11 is 0. The second-order valence-electron chi connectivity index (χ2n) is 6.58. The lowest BCUT2D eigenvalue weighted by Gasteiger charge is -2.36. The van der Waals surface area contributed by atoms with E-state index >= 15 is 0 Å². The molecule has 0 bridgehead atoms. The van der Waals surface area contributed by atoms with Crippen molar-refractivity contribution in [3.63, 3.8) is 0 Å². The van der Waals surface area contributed by atoms with Crippen LogP contribution in [0.1, 0.15) is 36.2 Å². The first-order chi connectivity index (χ1) is 11.8. The van der Waals surface area contributed by atoms with E-state index in [1.807, 2.05) is 26.0 Å². The molecule has 3 N–H and O–H groups in total. The molecule has 3 rings (SSSR count). The maximum Gasteiger partial charge on any atom is 0.175 e. The van der Waals surface area contributed by atoms with Crippen LogP contribution in [0.5, 0.6) is 23.0 Å². The summed E-state index contributed by atoms with van der Waals surface area (Å²) in [6, 6.07) is 8.90. The van der Waals surface area contributed by atoms with Gasteiger partial charge in [-0.25, -0.2) is 0 Å². The molecule has 2 aromatic rings. The van der Waals surface area contributed by atoms with Crippen molar-refractivity contribution in [2.24, 2.45) is 5.92 Å². The van der Waals surface area contributed by atoms with Gasteiger partial charge in [-0.2, -0.15) is 0 Å². The number of allylic oxidation sites excluding steroid dienone is 1. The molecule has 1 aliphatic heterocycles. The van der Waals surface area contributed by atoms with Gasteiger partial charge in [0.05, 0.1) is 6.42 Å². The fourth-order valence-electron chi connectivity index (χ4n) is 2.95. The number of hydrogen-bond acceptors (Lipinski definition) is 5. The summed E-state index contributed by atoms with van der Waals surface area (Å²) in [5, 5.41) is 29.3. The molecule has 1 atom stereocenters. The number of carbonyl (C=O) groups is 1. The summed E-state index contributed by atoms with van der Waals surface area (Å²) < 4.78 is 6.12. The average Bonchev–Trinajstić information content (AvgIpc) is 2.52. The number of aromatic hydroxyl groups is 3. The molecule has 1 aliphatic rings. The van der Waals surface area contributed by atoms with Crippen LogP contribution in [-0.4, -0.2) is 21.1 Å². The van der Waals surface area contributed by atoms with E-state index in [9.17, 15) is 20.1 Å². The van der Waals surface area contributed by atoms with Crippen LogP contribution in [-0.2, 0) is 5.60 Å². The van der Waals surface area contributed by atoms with Gasteiger partial charge in [-0.15, -0.1) is 0 Å². The highest BCUT2D eigenvalue weighted by atomic mass is 16.5. The normalized spacial score (nSPS) is 19.9. The van der Waals surface area contributed by atoms with Crippen LogP contribution in [0.25, 0.3) is 0 Å². The van der Waals surface area contributed by atoms with E-state index in [2.05, 4.69) is 0 Å². The smallest absolute Gasteiger partial charge is 0.175 e. The SMILES string of the molecule is CC(C)/C=C/C1(c2ccc(O)cc2)CC(=O)c2c(O)cc(O)cc2O1. The van der Waals surface area contributed by atoms with E-state index < -0.39 is 5.60 Å².